The van der Waals surface area contributed by atoms with E-state index < -0.39 is 11.2 Å². The van der Waals surface area contributed by atoms with E-state index in [1.807, 2.05) is 60.7 Å². The smallest absolute Gasteiger partial charge is 0.340 e. The van der Waals surface area contributed by atoms with Gasteiger partial charge in [0.05, 0.1) is 17.9 Å². The van der Waals surface area contributed by atoms with Crippen LogP contribution in [-0.2, 0) is 9.53 Å². The molecular weight excluding hydrogens is 370 g/mol. The number of amides is 1. The highest BCUT2D eigenvalue weighted by Gasteiger charge is 2.24. The number of para-hydroxylation sites is 1. The second-order valence-electron chi connectivity index (χ2n) is 5.98. The van der Waals surface area contributed by atoms with Gasteiger partial charge in [0.15, 0.2) is 0 Å². The Morgan fingerprint density at radius 3 is 2.18 bits per heavy atom. The second-order valence-corrected chi connectivity index (χ2v) is 7.16. The zero-order valence-electron chi connectivity index (χ0n) is 15.5. The molecule has 5 heteroatoms. The predicted octanol–water partition coefficient (Wildman–Crippen LogP) is 5.34. The van der Waals surface area contributed by atoms with Crippen molar-refractivity contribution in [3.05, 3.63) is 96.1 Å². The summed E-state index contributed by atoms with van der Waals surface area (Å²) in [4.78, 5) is 26.4. The Kier molecular flexibility index (Phi) is 6.87. The highest BCUT2D eigenvalue weighted by Crippen LogP contribution is 2.36. The minimum Gasteiger partial charge on any atom is -0.462 e. The van der Waals surface area contributed by atoms with Gasteiger partial charge in [-0.25, -0.2) is 4.79 Å². The average Bonchev–Trinajstić information content (AvgIpc) is 2.74. The lowest BCUT2D eigenvalue weighted by Gasteiger charge is -2.18. The lowest BCUT2D eigenvalue weighted by molar-refractivity contribution is -0.115. The molecule has 4 nitrogen and oxygen atoms in total. The Hall–Kier alpha value is -3.05. The van der Waals surface area contributed by atoms with Crippen LogP contribution in [0.4, 0.5) is 5.69 Å². The van der Waals surface area contributed by atoms with E-state index in [9.17, 15) is 9.59 Å². The van der Waals surface area contributed by atoms with E-state index in [0.29, 0.717) is 11.3 Å². The van der Waals surface area contributed by atoms with Crippen LogP contribution in [0.2, 0.25) is 0 Å². The molecule has 0 spiro atoms. The fraction of sp³-hybridized carbons (Fsp3) is 0.130. The van der Waals surface area contributed by atoms with Gasteiger partial charge >= 0.3 is 5.97 Å². The van der Waals surface area contributed by atoms with Gasteiger partial charge in [-0.15, -0.1) is 11.8 Å². The molecule has 0 fully saturated rings. The van der Waals surface area contributed by atoms with E-state index in [0.717, 1.165) is 10.5 Å². The quantitative estimate of drug-likeness (QED) is 0.437. The molecule has 0 bridgehead atoms. The highest BCUT2D eigenvalue weighted by atomic mass is 32.2. The van der Waals surface area contributed by atoms with Crippen molar-refractivity contribution < 1.29 is 14.3 Å². The van der Waals surface area contributed by atoms with Gasteiger partial charge in [-0.05, 0) is 36.8 Å². The van der Waals surface area contributed by atoms with Gasteiger partial charge in [0.2, 0.25) is 5.91 Å². The zero-order valence-corrected chi connectivity index (χ0v) is 16.3. The standard InChI is InChI=1S/C23H21NO3S/c1-2-27-23(26)19-15-9-10-16-20(19)24-22(25)21(17-11-5-3-6-12-17)28-18-13-7-4-8-14-18/h3-16,21H,2H2,1H3,(H,24,25)/t21-/m0/s1. The lowest BCUT2D eigenvalue weighted by atomic mass is 10.1. The molecule has 1 amide bonds. The first kappa shape index (κ1) is 19.7. The van der Waals surface area contributed by atoms with Crippen molar-refractivity contribution in [2.45, 2.75) is 17.1 Å². The second kappa shape index (κ2) is 9.76. The third kappa shape index (κ3) is 5.02. The molecule has 3 aromatic carbocycles. The first-order chi connectivity index (χ1) is 13.7. The predicted molar refractivity (Wildman–Crippen MR) is 113 cm³/mol. The highest BCUT2D eigenvalue weighted by molar-refractivity contribution is 8.00. The first-order valence-corrected chi connectivity index (χ1v) is 9.90. The van der Waals surface area contributed by atoms with Gasteiger partial charge in [0, 0.05) is 4.90 Å². The number of nitrogens with one attached hydrogen (secondary N) is 1. The minimum absolute atomic E-state index is 0.197. The lowest BCUT2D eigenvalue weighted by Crippen LogP contribution is -2.21. The monoisotopic (exact) mass is 391 g/mol. The van der Waals surface area contributed by atoms with Crippen LogP contribution in [0.15, 0.2) is 89.8 Å². The van der Waals surface area contributed by atoms with Crippen LogP contribution < -0.4 is 5.32 Å². The van der Waals surface area contributed by atoms with Crippen molar-refractivity contribution >= 4 is 29.3 Å². The topological polar surface area (TPSA) is 55.4 Å². The third-order valence-corrected chi connectivity index (χ3v) is 5.28. The number of esters is 1. The van der Waals surface area contributed by atoms with Gasteiger partial charge in [-0.2, -0.15) is 0 Å². The molecular formula is C23H21NO3S. The van der Waals surface area contributed by atoms with Gasteiger partial charge in [-0.1, -0.05) is 60.7 Å². The summed E-state index contributed by atoms with van der Waals surface area (Å²) in [5.41, 5.74) is 1.68. The molecule has 0 saturated heterocycles. The molecule has 28 heavy (non-hydrogen) atoms. The summed E-state index contributed by atoms with van der Waals surface area (Å²) < 4.78 is 5.10. The van der Waals surface area contributed by atoms with Crippen LogP contribution in [0.1, 0.15) is 28.1 Å². The number of thioether (sulfide) groups is 1. The minimum atomic E-state index is -0.459. The third-order valence-electron chi connectivity index (χ3n) is 4.02. The Bertz CT molecular complexity index is 929. The fourth-order valence-electron chi connectivity index (χ4n) is 2.71. The molecule has 0 aliphatic rings. The maximum Gasteiger partial charge on any atom is 0.340 e. The number of ether oxygens (including phenoxy) is 1. The number of rotatable bonds is 7. The summed E-state index contributed by atoms with van der Waals surface area (Å²) >= 11 is 1.47. The summed E-state index contributed by atoms with van der Waals surface area (Å²) in [5, 5.41) is 2.45. The maximum absolute atomic E-state index is 13.2. The van der Waals surface area contributed by atoms with Crippen LogP contribution in [0.5, 0.6) is 0 Å². The summed E-state index contributed by atoms with van der Waals surface area (Å²) in [5.74, 6) is -0.651. The molecule has 1 N–H and O–H groups in total. The van der Waals surface area contributed by atoms with Crippen LogP contribution in [0.3, 0.4) is 0 Å². The summed E-state index contributed by atoms with van der Waals surface area (Å²) in [6.45, 7) is 2.03. The summed E-state index contributed by atoms with van der Waals surface area (Å²) in [6, 6.07) is 26.2. The molecule has 0 unspecified atom stereocenters. The van der Waals surface area contributed by atoms with Crippen molar-refractivity contribution in [2.75, 3.05) is 11.9 Å². The van der Waals surface area contributed by atoms with E-state index in [1.54, 1.807) is 31.2 Å². The Labute approximate surface area is 168 Å². The Morgan fingerprint density at radius 1 is 0.893 bits per heavy atom. The van der Waals surface area contributed by atoms with Crippen molar-refractivity contribution in [2.24, 2.45) is 0 Å². The van der Waals surface area contributed by atoms with Gasteiger partial charge < -0.3 is 10.1 Å². The number of benzene rings is 3. The normalized spacial score (nSPS) is 11.5. The van der Waals surface area contributed by atoms with Crippen molar-refractivity contribution in [3.63, 3.8) is 0 Å². The number of hydrogen-bond donors (Lipinski definition) is 1. The Morgan fingerprint density at radius 2 is 1.50 bits per heavy atom. The molecule has 1 atom stereocenters. The molecule has 3 aromatic rings. The van der Waals surface area contributed by atoms with Gasteiger partial charge in [0.1, 0.15) is 5.25 Å². The van der Waals surface area contributed by atoms with Crippen LogP contribution in [0, 0.1) is 0 Å². The number of anilines is 1. The largest absolute Gasteiger partial charge is 0.462 e. The molecule has 0 heterocycles. The van der Waals surface area contributed by atoms with E-state index in [-0.39, 0.29) is 12.5 Å². The van der Waals surface area contributed by atoms with E-state index in [1.165, 1.54) is 11.8 Å². The Balaban J connectivity index is 1.87. The van der Waals surface area contributed by atoms with Crippen LogP contribution in [0.25, 0.3) is 0 Å². The molecule has 0 aromatic heterocycles. The number of carbonyl (C=O) groups is 2. The fourth-order valence-corrected chi connectivity index (χ4v) is 3.76. The molecule has 0 radical (unpaired) electrons. The van der Waals surface area contributed by atoms with E-state index >= 15 is 0 Å². The summed E-state index contributed by atoms with van der Waals surface area (Å²) in [6.07, 6.45) is 0. The van der Waals surface area contributed by atoms with Crippen molar-refractivity contribution in [1.82, 2.24) is 0 Å². The maximum atomic E-state index is 13.2. The molecule has 0 aliphatic carbocycles. The average molecular weight is 391 g/mol. The number of carbonyl (C=O) groups excluding carboxylic acids is 2. The first-order valence-electron chi connectivity index (χ1n) is 9.02. The zero-order chi connectivity index (χ0) is 19.8. The molecule has 0 saturated carbocycles. The van der Waals surface area contributed by atoms with E-state index in [4.69, 9.17) is 4.74 Å². The van der Waals surface area contributed by atoms with E-state index in [2.05, 4.69) is 5.32 Å². The SMILES string of the molecule is CCOC(=O)c1ccccc1NC(=O)[C@@H](Sc1ccccc1)c1ccccc1. The van der Waals surface area contributed by atoms with Crippen LogP contribution >= 0.6 is 11.8 Å². The molecule has 3 rings (SSSR count). The molecule has 0 aliphatic heterocycles. The van der Waals surface area contributed by atoms with Crippen molar-refractivity contribution in [3.8, 4) is 0 Å². The number of hydrogen-bond acceptors (Lipinski definition) is 4. The van der Waals surface area contributed by atoms with Crippen LogP contribution in [-0.4, -0.2) is 18.5 Å². The molecule has 142 valence electrons. The van der Waals surface area contributed by atoms with Gasteiger partial charge in [0.25, 0.3) is 0 Å². The summed E-state index contributed by atoms with van der Waals surface area (Å²) in [7, 11) is 0. The van der Waals surface area contributed by atoms with Crippen molar-refractivity contribution in [1.29, 1.82) is 0 Å². The van der Waals surface area contributed by atoms with Gasteiger partial charge in [-0.3, -0.25) is 4.79 Å².